The Kier molecular flexibility index (Phi) is 7.84. The molecule has 1 atom stereocenters. The molecule has 2 fully saturated rings. The van der Waals surface area contributed by atoms with Gasteiger partial charge in [0.2, 0.25) is 5.91 Å². The van der Waals surface area contributed by atoms with Gasteiger partial charge in [-0.3, -0.25) is 4.79 Å². The zero-order valence-corrected chi connectivity index (χ0v) is 18.8. The van der Waals surface area contributed by atoms with Crippen molar-refractivity contribution in [2.24, 2.45) is 0 Å². The zero-order valence-electron chi connectivity index (χ0n) is 18.1. The molecular weight excluding hydrogens is 422 g/mol. The highest BCUT2D eigenvalue weighted by Crippen LogP contribution is 2.19. The molecule has 2 aliphatic heterocycles. The molecule has 0 radical (unpaired) electrons. The Morgan fingerprint density at radius 1 is 0.935 bits per heavy atom. The molecule has 4 amide bonds. The van der Waals surface area contributed by atoms with Gasteiger partial charge >= 0.3 is 12.1 Å². The number of nitrogens with zero attached hydrogens (tertiary/aromatic N) is 4. The molecule has 0 aromatic heterocycles. The quantitative estimate of drug-likeness (QED) is 0.755. The SMILES string of the molecule is CCOC(=O)N1CCN(C(=O)C(C)NC(=O)N2CCN(c3ccc(Cl)cc3)CC2)CC1. The highest BCUT2D eigenvalue weighted by molar-refractivity contribution is 6.30. The minimum atomic E-state index is -0.629. The van der Waals surface area contributed by atoms with E-state index in [0.717, 1.165) is 5.69 Å². The lowest BCUT2D eigenvalue weighted by Crippen LogP contribution is -2.58. The molecule has 2 saturated heterocycles. The molecule has 3 rings (SSSR count). The van der Waals surface area contributed by atoms with E-state index in [1.54, 1.807) is 28.5 Å². The molecular formula is C21H30ClN5O4. The summed E-state index contributed by atoms with van der Waals surface area (Å²) in [4.78, 5) is 44.4. The van der Waals surface area contributed by atoms with Crippen LogP contribution in [-0.4, -0.2) is 97.7 Å². The van der Waals surface area contributed by atoms with Gasteiger partial charge in [0.1, 0.15) is 6.04 Å². The number of urea groups is 1. The molecule has 1 aromatic carbocycles. The van der Waals surface area contributed by atoms with Crippen LogP contribution in [0, 0.1) is 0 Å². The number of benzene rings is 1. The van der Waals surface area contributed by atoms with E-state index in [4.69, 9.17) is 16.3 Å². The van der Waals surface area contributed by atoms with E-state index in [1.807, 2.05) is 24.3 Å². The molecule has 1 N–H and O–H groups in total. The molecule has 9 nitrogen and oxygen atoms in total. The van der Waals surface area contributed by atoms with Crippen LogP contribution >= 0.6 is 11.6 Å². The first kappa shape index (κ1) is 23.0. The molecule has 2 heterocycles. The summed E-state index contributed by atoms with van der Waals surface area (Å²) in [6.07, 6.45) is -0.353. The Bertz CT molecular complexity index is 774. The maximum Gasteiger partial charge on any atom is 0.409 e. The molecule has 0 saturated carbocycles. The summed E-state index contributed by atoms with van der Waals surface area (Å²) < 4.78 is 5.00. The van der Waals surface area contributed by atoms with Gasteiger partial charge in [0, 0.05) is 63.1 Å². The van der Waals surface area contributed by atoms with Crippen molar-refractivity contribution in [3.05, 3.63) is 29.3 Å². The van der Waals surface area contributed by atoms with E-state index >= 15 is 0 Å². The average Bonchev–Trinajstić information content (AvgIpc) is 2.79. The maximum atomic E-state index is 12.7. The smallest absolute Gasteiger partial charge is 0.409 e. The molecule has 170 valence electrons. The molecule has 1 aromatic rings. The van der Waals surface area contributed by atoms with E-state index in [9.17, 15) is 14.4 Å². The number of ether oxygens (including phenoxy) is 1. The molecule has 0 aliphatic carbocycles. The van der Waals surface area contributed by atoms with Crippen molar-refractivity contribution in [2.75, 3.05) is 63.9 Å². The Morgan fingerprint density at radius 3 is 2.06 bits per heavy atom. The zero-order chi connectivity index (χ0) is 22.4. The Hall–Kier alpha value is -2.68. The summed E-state index contributed by atoms with van der Waals surface area (Å²) in [6.45, 7) is 8.09. The van der Waals surface area contributed by atoms with Crippen LogP contribution in [-0.2, 0) is 9.53 Å². The molecule has 10 heteroatoms. The second kappa shape index (κ2) is 10.6. The fourth-order valence-electron chi connectivity index (χ4n) is 3.76. The van der Waals surface area contributed by atoms with Gasteiger partial charge in [-0.25, -0.2) is 9.59 Å². The van der Waals surface area contributed by atoms with Crippen LogP contribution in [0.4, 0.5) is 15.3 Å². The lowest BCUT2D eigenvalue weighted by Gasteiger charge is -2.37. The number of amides is 4. The molecule has 1 unspecified atom stereocenters. The number of rotatable bonds is 4. The highest BCUT2D eigenvalue weighted by Gasteiger charge is 2.29. The predicted molar refractivity (Wildman–Crippen MR) is 118 cm³/mol. The standard InChI is InChI=1S/C21H30ClN5O4/c1-3-31-21(30)27-14-10-25(11-15-27)19(28)16(2)23-20(29)26-12-8-24(9-13-26)18-6-4-17(22)5-7-18/h4-7,16H,3,8-15H2,1-2H3,(H,23,29). The number of carbonyl (C=O) groups excluding carboxylic acids is 3. The van der Waals surface area contributed by atoms with E-state index in [2.05, 4.69) is 10.2 Å². The number of hydrogen-bond acceptors (Lipinski definition) is 5. The Balaban J connectivity index is 1.42. The van der Waals surface area contributed by atoms with Crippen molar-refractivity contribution in [1.29, 1.82) is 0 Å². The molecule has 2 aliphatic rings. The number of hydrogen-bond donors (Lipinski definition) is 1. The number of piperazine rings is 2. The third-order valence-electron chi connectivity index (χ3n) is 5.59. The average molecular weight is 452 g/mol. The van der Waals surface area contributed by atoms with Crippen molar-refractivity contribution >= 4 is 35.3 Å². The van der Waals surface area contributed by atoms with Crippen molar-refractivity contribution in [3.63, 3.8) is 0 Å². The molecule has 0 bridgehead atoms. The van der Waals surface area contributed by atoms with Gasteiger partial charge in [0.25, 0.3) is 0 Å². The van der Waals surface area contributed by atoms with Crippen LogP contribution in [0.5, 0.6) is 0 Å². The lowest BCUT2D eigenvalue weighted by molar-refractivity contribution is -0.134. The fourth-order valence-corrected chi connectivity index (χ4v) is 3.88. The minimum Gasteiger partial charge on any atom is -0.450 e. The van der Waals surface area contributed by atoms with Crippen molar-refractivity contribution in [2.45, 2.75) is 19.9 Å². The van der Waals surface area contributed by atoms with Crippen molar-refractivity contribution < 1.29 is 19.1 Å². The van der Waals surface area contributed by atoms with Gasteiger partial charge in [-0.05, 0) is 38.1 Å². The molecule has 0 spiro atoms. The summed E-state index contributed by atoms with van der Waals surface area (Å²) in [5, 5.41) is 3.51. The first-order valence-electron chi connectivity index (χ1n) is 10.7. The summed E-state index contributed by atoms with van der Waals surface area (Å²) in [5.74, 6) is -0.142. The topological polar surface area (TPSA) is 85.4 Å². The second-order valence-corrected chi connectivity index (χ2v) is 8.07. The number of nitrogens with one attached hydrogen (secondary N) is 1. The third kappa shape index (κ3) is 5.94. The van der Waals surface area contributed by atoms with Gasteiger partial charge in [-0.1, -0.05) is 11.6 Å². The summed E-state index contributed by atoms with van der Waals surface area (Å²) >= 11 is 5.95. The van der Waals surface area contributed by atoms with Crippen LogP contribution in [0.2, 0.25) is 5.02 Å². The third-order valence-corrected chi connectivity index (χ3v) is 5.84. The summed E-state index contributed by atoms with van der Waals surface area (Å²) in [6, 6.07) is 6.80. The normalized spacial score (nSPS) is 17.9. The van der Waals surface area contributed by atoms with Crippen molar-refractivity contribution in [1.82, 2.24) is 20.0 Å². The first-order valence-corrected chi connectivity index (χ1v) is 11.0. The van der Waals surface area contributed by atoms with Crippen LogP contribution in [0.3, 0.4) is 0 Å². The first-order chi connectivity index (χ1) is 14.9. The van der Waals surface area contributed by atoms with E-state index in [1.165, 1.54) is 0 Å². The van der Waals surface area contributed by atoms with Crippen LogP contribution in [0.15, 0.2) is 24.3 Å². The van der Waals surface area contributed by atoms with E-state index in [-0.39, 0.29) is 18.0 Å². The van der Waals surface area contributed by atoms with Crippen molar-refractivity contribution in [3.8, 4) is 0 Å². The van der Waals surface area contributed by atoms with Crippen LogP contribution in [0.1, 0.15) is 13.8 Å². The van der Waals surface area contributed by atoms with Gasteiger partial charge in [0.15, 0.2) is 0 Å². The van der Waals surface area contributed by atoms with Gasteiger partial charge < -0.3 is 29.7 Å². The number of carbonyl (C=O) groups is 3. The fraction of sp³-hybridized carbons (Fsp3) is 0.571. The monoisotopic (exact) mass is 451 g/mol. The van der Waals surface area contributed by atoms with Gasteiger partial charge in [0.05, 0.1) is 6.61 Å². The largest absolute Gasteiger partial charge is 0.450 e. The van der Waals surface area contributed by atoms with E-state index < -0.39 is 6.04 Å². The summed E-state index contributed by atoms with van der Waals surface area (Å²) in [5.41, 5.74) is 1.08. The van der Waals surface area contributed by atoms with Gasteiger partial charge in [-0.2, -0.15) is 0 Å². The highest BCUT2D eigenvalue weighted by atomic mass is 35.5. The number of halogens is 1. The lowest BCUT2D eigenvalue weighted by atomic mass is 10.2. The predicted octanol–water partition coefficient (Wildman–Crippen LogP) is 1.86. The van der Waals surface area contributed by atoms with E-state index in [0.29, 0.717) is 64.0 Å². The van der Waals surface area contributed by atoms with Crippen LogP contribution < -0.4 is 10.2 Å². The Labute approximate surface area is 187 Å². The second-order valence-electron chi connectivity index (χ2n) is 7.63. The number of anilines is 1. The van der Waals surface area contributed by atoms with Gasteiger partial charge in [-0.15, -0.1) is 0 Å². The maximum absolute atomic E-state index is 12.7. The van der Waals surface area contributed by atoms with Crippen LogP contribution in [0.25, 0.3) is 0 Å². The minimum absolute atomic E-state index is 0.142. The Morgan fingerprint density at radius 2 is 1.48 bits per heavy atom. The molecule has 31 heavy (non-hydrogen) atoms. The summed E-state index contributed by atoms with van der Waals surface area (Å²) in [7, 11) is 0.